The highest BCUT2D eigenvalue weighted by atomic mass is 15.1. The van der Waals surface area contributed by atoms with Gasteiger partial charge in [-0.15, -0.1) is 0 Å². The monoisotopic (exact) mass is 428 g/mol. The molecule has 1 aliphatic heterocycles. The van der Waals surface area contributed by atoms with Crippen molar-refractivity contribution in [2.75, 3.05) is 38.6 Å². The van der Waals surface area contributed by atoms with Crippen LogP contribution in [0.5, 0.6) is 0 Å². The van der Waals surface area contributed by atoms with Crippen molar-refractivity contribution in [1.29, 1.82) is 0 Å². The Morgan fingerprint density at radius 1 is 1.00 bits per heavy atom. The van der Waals surface area contributed by atoms with Crippen LogP contribution in [0.2, 0.25) is 0 Å². The van der Waals surface area contributed by atoms with Crippen molar-refractivity contribution in [3.63, 3.8) is 0 Å². The lowest BCUT2D eigenvalue weighted by Crippen LogP contribution is -2.18. The number of benzene rings is 2. The molecule has 1 fully saturated rings. The SMILES string of the molecule is C#CNC.CCc1ccc2c(N3CCCC3)cc(-c3ccc(CCCNC)cc3)nc2c1. The van der Waals surface area contributed by atoms with Gasteiger partial charge < -0.3 is 15.5 Å². The zero-order valence-corrected chi connectivity index (χ0v) is 19.7. The first-order valence-electron chi connectivity index (χ1n) is 11.7. The minimum atomic E-state index is 1.04. The fourth-order valence-electron chi connectivity index (χ4n) is 4.15. The van der Waals surface area contributed by atoms with E-state index in [0.717, 1.165) is 43.7 Å². The zero-order chi connectivity index (χ0) is 22.8. The highest BCUT2D eigenvalue weighted by molar-refractivity contribution is 5.94. The highest BCUT2D eigenvalue weighted by Crippen LogP contribution is 2.33. The lowest BCUT2D eigenvalue weighted by Gasteiger charge is -2.21. The summed E-state index contributed by atoms with van der Waals surface area (Å²) in [7, 11) is 3.70. The van der Waals surface area contributed by atoms with E-state index in [4.69, 9.17) is 4.98 Å². The first-order valence-corrected chi connectivity index (χ1v) is 11.7. The normalized spacial score (nSPS) is 12.9. The maximum Gasteiger partial charge on any atom is 0.0733 e. The van der Waals surface area contributed by atoms with Gasteiger partial charge in [0.15, 0.2) is 0 Å². The molecule has 2 heterocycles. The molecule has 2 aromatic carbocycles. The van der Waals surface area contributed by atoms with E-state index in [1.807, 2.05) is 7.05 Å². The number of terminal acetylenes is 1. The second kappa shape index (κ2) is 12.1. The number of pyridine rings is 1. The lowest BCUT2D eigenvalue weighted by atomic mass is 10.0. The number of nitrogens with one attached hydrogen (secondary N) is 2. The van der Waals surface area contributed by atoms with Crippen LogP contribution in [0.15, 0.2) is 48.5 Å². The summed E-state index contributed by atoms with van der Waals surface area (Å²) in [4.78, 5) is 7.59. The van der Waals surface area contributed by atoms with E-state index in [2.05, 4.69) is 83.5 Å². The standard InChI is InChI=1S/C25H31N3.C3H5N/c1-3-19-10-13-22-24(17-19)27-23(18-25(22)28-15-4-5-16-28)21-11-8-20(9-12-21)7-6-14-26-2;1-3-4-2/h8-13,17-18,26H,3-7,14-16H2,1-2H3;1,4H,2H3. The fraction of sp³-hybridized carbons (Fsp3) is 0.393. The highest BCUT2D eigenvalue weighted by Gasteiger charge is 2.17. The molecule has 0 unspecified atom stereocenters. The van der Waals surface area contributed by atoms with Gasteiger partial charge >= 0.3 is 0 Å². The van der Waals surface area contributed by atoms with E-state index in [1.54, 1.807) is 7.05 Å². The Morgan fingerprint density at radius 3 is 2.31 bits per heavy atom. The zero-order valence-electron chi connectivity index (χ0n) is 19.7. The van der Waals surface area contributed by atoms with Gasteiger partial charge in [0.1, 0.15) is 0 Å². The van der Waals surface area contributed by atoms with Gasteiger partial charge in [-0.3, -0.25) is 0 Å². The van der Waals surface area contributed by atoms with Crippen LogP contribution in [0.1, 0.15) is 37.3 Å². The van der Waals surface area contributed by atoms with Gasteiger partial charge in [0.2, 0.25) is 0 Å². The summed E-state index contributed by atoms with van der Waals surface area (Å²) in [5.41, 5.74) is 7.51. The van der Waals surface area contributed by atoms with Gasteiger partial charge in [-0.25, -0.2) is 4.98 Å². The molecule has 0 radical (unpaired) electrons. The molecule has 0 atom stereocenters. The van der Waals surface area contributed by atoms with Gasteiger partial charge in [-0.2, -0.15) is 0 Å². The second-order valence-electron chi connectivity index (χ2n) is 8.22. The number of nitrogens with zero attached hydrogens (tertiary/aromatic N) is 2. The topological polar surface area (TPSA) is 40.2 Å². The van der Waals surface area contributed by atoms with Crippen molar-refractivity contribution in [2.45, 2.75) is 39.0 Å². The molecule has 2 N–H and O–H groups in total. The van der Waals surface area contributed by atoms with Crippen molar-refractivity contribution in [1.82, 2.24) is 15.6 Å². The molecule has 0 saturated carbocycles. The minimum absolute atomic E-state index is 1.04. The summed E-state index contributed by atoms with van der Waals surface area (Å²) in [5.74, 6) is 0. The Kier molecular flexibility index (Phi) is 8.95. The summed E-state index contributed by atoms with van der Waals surface area (Å²) < 4.78 is 0. The van der Waals surface area contributed by atoms with Gasteiger partial charge in [-0.05, 0) is 69.0 Å². The van der Waals surface area contributed by atoms with E-state index in [-0.39, 0.29) is 0 Å². The van der Waals surface area contributed by atoms with E-state index in [0.29, 0.717) is 0 Å². The summed E-state index contributed by atoms with van der Waals surface area (Å²) >= 11 is 0. The van der Waals surface area contributed by atoms with Gasteiger partial charge in [0.25, 0.3) is 0 Å². The van der Waals surface area contributed by atoms with Crippen molar-refractivity contribution >= 4 is 16.6 Å². The van der Waals surface area contributed by atoms with Gasteiger partial charge in [0.05, 0.1) is 11.2 Å². The van der Waals surface area contributed by atoms with Crippen LogP contribution in [0.3, 0.4) is 0 Å². The van der Waals surface area contributed by atoms with Crippen LogP contribution in [-0.2, 0) is 12.8 Å². The van der Waals surface area contributed by atoms with Crippen LogP contribution in [0.25, 0.3) is 22.2 Å². The molecule has 4 nitrogen and oxygen atoms in total. The van der Waals surface area contributed by atoms with Crippen LogP contribution in [-0.4, -0.2) is 38.7 Å². The number of anilines is 1. The van der Waals surface area contributed by atoms with Gasteiger partial charge in [0, 0.05) is 42.8 Å². The molecule has 4 heteroatoms. The Bertz CT molecular complexity index is 1030. The molecule has 3 aromatic rings. The third-order valence-electron chi connectivity index (χ3n) is 5.99. The Balaban J connectivity index is 0.000000668. The smallest absolute Gasteiger partial charge is 0.0733 e. The molecular formula is C28H36N4. The Labute approximate surface area is 193 Å². The third-order valence-corrected chi connectivity index (χ3v) is 5.99. The van der Waals surface area contributed by atoms with Gasteiger partial charge in [-0.1, -0.05) is 49.7 Å². The molecule has 1 aliphatic rings. The number of hydrogen-bond acceptors (Lipinski definition) is 4. The maximum atomic E-state index is 5.05. The van der Waals surface area contributed by atoms with Crippen molar-refractivity contribution < 1.29 is 0 Å². The van der Waals surface area contributed by atoms with E-state index in [9.17, 15) is 0 Å². The quantitative estimate of drug-likeness (QED) is 0.315. The summed E-state index contributed by atoms with van der Waals surface area (Å²) in [5, 5.41) is 6.96. The molecule has 168 valence electrons. The Morgan fingerprint density at radius 2 is 1.69 bits per heavy atom. The number of rotatable bonds is 7. The van der Waals surface area contributed by atoms with Crippen molar-refractivity contribution in [2.24, 2.45) is 0 Å². The van der Waals surface area contributed by atoms with E-state index < -0.39 is 0 Å². The number of fused-ring (bicyclic) bond motifs is 1. The molecule has 32 heavy (non-hydrogen) atoms. The number of aryl methyl sites for hydroxylation is 2. The van der Waals surface area contributed by atoms with Crippen LogP contribution >= 0.6 is 0 Å². The second-order valence-corrected chi connectivity index (χ2v) is 8.22. The summed E-state index contributed by atoms with van der Waals surface area (Å²) in [6, 6.07) is 20.3. The predicted octanol–water partition coefficient (Wildman–Crippen LogP) is 5.01. The molecule has 0 amide bonds. The van der Waals surface area contributed by atoms with E-state index in [1.165, 1.54) is 47.0 Å². The predicted molar refractivity (Wildman–Crippen MR) is 138 cm³/mol. The van der Waals surface area contributed by atoms with Crippen LogP contribution in [0, 0.1) is 12.5 Å². The summed E-state index contributed by atoms with van der Waals surface area (Å²) in [6.07, 6.45) is 10.6. The fourth-order valence-corrected chi connectivity index (χ4v) is 4.15. The molecule has 0 bridgehead atoms. The van der Waals surface area contributed by atoms with Crippen molar-refractivity contribution in [3.05, 3.63) is 59.7 Å². The molecular weight excluding hydrogens is 392 g/mol. The average Bonchev–Trinajstić information content (AvgIpc) is 3.38. The molecule has 1 aromatic heterocycles. The first-order chi connectivity index (χ1) is 15.7. The number of aromatic nitrogens is 1. The molecule has 1 saturated heterocycles. The first kappa shape index (κ1) is 23.6. The largest absolute Gasteiger partial charge is 0.371 e. The summed E-state index contributed by atoms with van der Waals surface area (Å²) in [6.45, 7) is 5.57. The number of hydrogen-bond donors (Lipinski definition) is 2. The van der Waals surface area contributed by atoms with Crippen LogP contribution < -0.4 is 15.5 Å². The molecule has 0 aliphatic carbocycles. The maximum absolute atomic E-state index is 5.05. The van der Waals surface area contributed by atoms with E-state index >= 15 is 0 Å². The lowest BCUT2D eigenvalue weighted by molar-refractivity contribution is 0.725. The molecule has 0 spiro atoms. The third kappa shape index (κ3) is 6.02. The Hall–Kier alpha value is -3.03. The minimum Gasteiger partial charge on any atom is -0.371 e. The average molecular weight is 429 g/mol. The van der Waals surface area contributed by atoms with Crippen molar-refractivity contribution in [3.8, 4) is 23.7 Å². The molecule has 4 rings (SSSR count). The van der Waals surface area contributed by atoms with Crippen LogP contribution in [0.4, 0.5) is 5.69 Å².